The summed E-state index contributed by atoms with van der Waals surface area (Å²) in [6.07, 6.45) is 10.00. The second kappa shape index (κ2) is 8.70. The monoisotopic (exact) mass is 402 g/mol. The summed E-state index contributed by atoms with van der Waals surface area (Å²) in [5.74, 6) is 0.712. The first-order chi connectivity index (χ1) is 14.0. The molecule has 158 valence electrons. The lowest BCUT2D eigenvalue weighted by atomic mass is 9.65. The Balaban J connectivity index is 1.41. The van der Waals surface area contributed by atoms with Gasteiger partial charge in [-0.1, -0.05) is 56.5 Å². The van der Waals surface area contributed by atoms with Gasteiger partial charge in [0.05, 0.1) is 0 Å². The van der Waals surface area contributed by atoms with Crippen molar-refractivity contribution in [1.29, 1.82) is 0 Å². The molecular weight excluding hydrogens is 369 g/mol. The maximum absolute atomic E-state index is 15.7. The van der Waals surface area contributed by atoms with Crippen LogP contribution in [-0.2, 0) is 0 Å². The molecule has 29 heavy (non-hydrogen) atoms. The fourth-order valence-electron chi connectivity index (χ4n) is 6.01. The minimum Gasteiger partial charge on any atom is -0.239 e. The zero-order chi connectivity index (χ0) is 20.4. The van der Waals surface area contributed by atoms with Crippen molar-refractivity contribution >= 4 is 5.57 Å². The van der Waals surface area contributed by atoms with E-state index in [0.717, 1.165) is 30.2 Å². The van der Waals surface area contributed by atoms with Crippen molar-refractivity contribution in [1.82, 2.24) is 0 Å². The highest BCUT2D eigenvalue weighted by molar-refractivity contribution is 5.77. The molecule has 0 aliphatic heterocycles. The Labute approximate surface area is 173 Å². The van der Waals surface area contributed by atoms with Gasteiger partial charge in [0.2, 0.25) is 0 Å². The maximum atomic E-state index is 15.7. The number of benzene rings is 1. The van der Waals surface area contributed by atoms with E-state index in [1.165, 1.54) is 44.3 Å². The van der Waals surface area contributed by atoms with E-state index in [0.29, 0.717) is 24.3 Å². The van der Waals surface area contributed by atoms with E-state index in [1.54, 1.807) is 12.1 Å². The Kier molecular flexibility index (Phi) is 6.22. The highest BCUT2D eigenvalue weighted by Gasteiger charge is 2.52. The summed E-state index contributed by atoms with van der Waals surface area (Å²) in [5.41, 5.74) is -1.34. The van der Waals surface area contributed by atoms with Crippen LogP contribution in [0.5, 0.6) is 0 Å². The van der Waals surface area contributed by atoms with E-state index < -0.39 is 23.6 Å². The van der Waals surface area contributed by atoms with Crippen LogP contribution in [0, 0.1) is 23.7 Å². The lowest BCUT2D eigenvalue weighted by Crippen LogP contribution is -2.46. The van der Waals surface area contributed by atoms with Gasteiger partial charge >= 0.3 is 0 Å². The fraction of sp³-hybridized carbons (Fsp3) is 0.615. The van der Waals surface area contributed by atoms with Crippen LogP contribution in [0.25, 0.3) is 5.57 Å². The number of rotatable bonds is 4. The van der Waals surface area contributed by atoms with Crippen LogP contribution in [0.3, 0.4) is 0 Å². The van der Waals surface area contributed by atoms with E-state index in [-0.39, 0.29) is 0 Å². The molecule has 0 radical (unpaired) electrons. The Morgan fingerprint density at radius 1 is 0.897 bits per heavy atom. The smallest absolute Gasteiger partial charge is 0.199 e. The molecule has 1 aromatic rings. The lowest BCUT2D eigenvalue weighted by molar-refractivity contribution is -0.00208. The van der Waals surface area contributed by atoms with Gasteiger partial charge in [0.1, 0.15) is 5.83 Å². The van der Waals surface area contributed by atoms with Gasteiger partial charge in [0, 0.05) is 5.92 Å². The number of hydrogen-bond donors (Lipinski definition) is 0. The molecule has 2 saturated carbocycles. The van der Waals surface area contributed by atoms with Crippen LogP contribution in [0.1, 0.15) is 70.3 Å². The van der Waals surface area contributed by atoms with Crippen LogP contribution in [0.4, 0.5) is 13.2 Å². The topological polar surface area (TPSA) is 0 Å². The molecule has 2 fully saturated rings. The third-order valence-corrected chi connectivity index (χ3v) is 7.98. The maximum Gasteiger partial charge on any atom is 0.199 e. The van der Waals surface area contributed by atoms with Gasteiger partial charge in [-0.15, -0.1) is 0 Å². The molecule has 0 aromatic heterocycles. The molecule has 1 aromatic carbocycles. The zero-order valence-electron chi connectivity index (χ0n) is 17.4. The molecule has 0 spiro atoms. The average Bonchev–Trinajstić information content (AvgIpc) is 2.78. The number of halogens is 3. The summed E-state index contributed by atoms with van der Waals surface area (Å²) in [6, 6.07) is 9.09. The molecule has 2 unspecified atom stereocenters. The van der Waals surface area contributed by atoms with Gasteiger partial charge in [-0.25, -0.2) is 13.2 Å². The Morgan fingerprint density at radius 3 is 2.03 bits per heavy atom. The van der Waals surface area contributed by atoms with Crippen molar-refractivity contribution in [2.45, 2.75) is 76.6 Å². The second-order valence-corrected chi connectivity index (χ2v) is 9.45. The van der Waals surface area contributed by atoms with Gasteiger partial charge in [-0.05, 0) is 79.6 Å². The van der Waals surface area contributed by atoms with E-state index >= 15 is 8.78 Å². The van der Waals surface area contributed by atoms with Gasteiger partial charge in [0.25, 0.3) is 0 Å². The summed E-state index contributed by atoms with van der Waals surface area (Å²) in [4.78, 5) is 0. The van der Waals surface area contributed by atoms with Crippen molar-refractivity contribution in [2.75, 3.05) is 0 Å². The molecule has 2 atom stereocenters. The van der Waals surface area contributed by atoms with Crippen molar-refractivity contribution in [3.05, 3.63) is 53.9 Å². The molecule has 0 saturated heterocycles. The number of allylic oxidation sites excluding steroid dienone is 4. The molecule has 0 nitrogen and oxygen atoms in total. The first-order valence-corrected chi connectivity index (χ1v) is 11.5. The molecular formula is C26H33F3. The molecule has 0 N–H and O–H groups in total. The molecule has 4 rings (SSSR count). The quantitative estimate of drug-likeness (QED) is 0.478. The average molecular weight is 403 g/mol. The molecule has 0 amide bonds. The largest absolute Gasteiger partial charge is 0.239 e. The Morgan fingerprint density at radius 2 is 1.48 bits per heavy atom. The first-order valence-electron chi connectivity index (χ1n) is 11.5. The van der Waals surface area contributed by atoms with Crippen LogP contribution in [0.15, 0.2) is 48.3 Å². The second-order valence-electron chi connectivity index (χ2n) is 9.45. The minimum atomic E-state index is -2.50. The predicted molar refractivity (Wildman–Crippen MR) is 114 cm³/mol. The van der Waals surface area contributed by atoms with Crippen molar-refractivity contribution in [3.8, 4) is 0 Å². The summed E-state index contributed by atoms with van der Waals surface area (Å²) < 4.78 is 45.7. The summed E-state index contributed by atoms with van der Waals surface area (Å²) in [6.45, 7) is 2.27. The Bertz CT molecular complexity index is 736. The van der Waals surface area contributed by atoms with Crippen LogP contribution in [0.2, 0.25) is 0 Å². The van der Waals surface area contributed by atoms with Gasteiger partial charge < -0.3 is 0 Å². The van der Waals surface area contributed by atoms with E-state index in [2.05, 4.69) is 6.92 Å². The number of hydrogen-bond acceptors (Lipinski definition) is 0. The zero-order valence-corrected chi connectivity index (χ0v) is 17.4. The van der Waals surface area contributed by atoms with Crippen LogP contribution in [-0.4, -0.2) is 11.8 Å². The normalized spacial score (nSPS) is 38.3. The molecule has 3 aliphatic carbocycles. The van der Waals surface area contributed by atoms with Crippen LogP contribution < -0.4 is 0 Å². The van der Waals surface area contributed by atoms with Crippen molar-refractivity contribution in [3.63, 3.8) is 0 Å². The Hall–Kier alpha value is -1.51. The third kappa shape index (κ3) is 4.07. The van der Waals surface area contributed by atoms with Crippen molar-refractivity contribution < 1.29 is 13.2 Å². The molecule has 3 heteroatoms. The van der Waals surface area contributed by atoms with E-state index in [4.69, 9.17) is 0 Å². The standard InChI is InChI=1S/C26H33F3/c1-2-18-8-10-20(11-9-18)21-12-14-23(15-13-21)26(29)24(27)16-22(17-25(26)28)19-6-4-3-5-7-19/h3-7,16-18,20-21,23-24H,2,8-15H2,1H3. The summed E-state index contributed by atoms with van der Waals surface area (Å²) >= 11 is 0. The number of alkyl halides is 2. The van der Waals surface area contributed by atoms with E-state index in [1.807, 2.05) is 18.2 Å². The highest BCUT2D eigenvalue weighted by atomic mass is 19.2. The molecule has 0 bridgehead atoms. The third-order valence-electron chi connectivity index (χ3n) is 7.98. The minimum absolute atomic E-state index is 0.435. The highest BCUT2D eigenvalue weighted by Crippen LogP contribution is 2.50. The van der Waals surface area contributed by atoms with Gasteiger partial charge in [-0.3, -0.25) is 0 Å². The first kappa shape index (κ1) is 20.8. The SMILES string of the molecule is CCC1CCC(C2CCC(C3(F)C(F)=CC(c4ccccc4)=CC3F)CC2)CC1. The molecule has 0 heterocycles. The predicted octanol–water partition coefficient (Wildman–Crippen LogP) is 8.01. The van der Waals surface area contributed by atoms with E-state index in [9.17, 15) is 4.39 Å². The summed E-state index contributed by atoms with van der Waals surface area (Å²) in [5, 5.41) is 0. The fourth-order valence-corrected chi connectivity index (χ4v) is 6.01. The summed E-state index contributed by atoms with van der Waals surface area (Å²) in [7, 11) is 0. The van der Waals surface area contributed by atoms with Crippen molar-refractivity contribution in [2.24, 2.45) is 23.7 Å². The van der Waals surface area contributed by atoms with Gasteiger partial charge in [0.15, 0.2) is 11.8 Å². The molecule has 3 aliphatic rings. The van der Waals surface area contributed by atoms with Crippen LogP contribution >= 0.6 is 0 Å². The lowest BCUT2D eigenvalue weighted by Gasteiger charge is -2.43. The van der Waals surface area contributed by atoms with Gasteiger partial charge in [-0.2, -0.15) is 0 Å².